The van der Waals surface area contributed by atoms with Crippen LogP contribution in [0, 0.1) is 5.92 Å². The van der Waals surface area contributed by atoms with Crippen LogP contribution < -0.4 is 5.32 Å². The lowest BCUT2D eigenvalue weighted by Gasteiger charge is -2.19. The molecule has 3 aromatic rings. The molecule has 3 rings (SSSR count). The molecule has 0 aliphatic rings. The minimum atomic E-state index is -1.19. The maximum atomic E-state index is 13.0. The van der Waals surface area contributed by atoms with E-state index in [1.54, 1.807) is 6.20 Å². The Kier molecular flexibility index (Phi) is 7.03. The Morgan fingerprint density at radius 2 is 1.90 bits per heavy atom. The molecule has 0 radical (unpaired) electrons. The minimum Gasteiger partial charge on any atom is -0.480 e. The van der Waals surface area contributed by atoms with E-state index in [0.29, 0.717) is 5.69 Å². The van der Waals surface area contributed by atoms with E-state index in [1.165, 1.54) is 18.5 Å². The van der Waals surface area contributed by atoms with Crippen LogP contribution in [0.1, 0.15) is 28.2 Å². The number of furan rings is 1. The lowest BCUT2D eigenvalue weighted by atomic mass is 9.92. The zero-order chi connectivity index (χ0) is 21.5. The minimum absolute atomic E-state index is 0.0182. The van der Waals surface area contributed by atoms with Crippen molar-refractivity contribution >= 4 is 29.3 Å². The number of aromatic nitrogens is 2. The smallest absolute Gasteiger partial charge is 0.326 e. The number of rotatable bonds is 10. The van der Waals surface area contributed by atoms with Gasteiger partial charge in [0.05, 0.1) is 12.0 Å². The van der Waals surface area contributed by atoms with Crippen LogP contribution in [0.4, 0.5) is 0 Å². The molecule has 1 aromatic carbocycles. The molecule has 0 saturated carbocycles. The standard InChI is InChI=1S/C21H20ClN3O5/c22-19-7-6-18(30-19)17(26)9-14(8-13-4-2-1-3-5-13)20(27)25-16(21(28)29)10-15-11-23-12-24-15/h1-7,11-12,14,16H,8-10H2,(H,23,24)(H,25,27)(H,28,29)/t14-,16+/m1/s1. The summed E-state index contributed by atoms with van der Waals surface area (Å²) in [6, 6.07) is 10.9. The lowest BCUT2D eigenvalue weighted by Crippen LogP contribution is -2.45. The number of ketones is 1. The highest BCUT2D eigenvalue weighted by atomic mass is 35.5. The molecule has 0 saturated heterocycles. The summed E-state index contributed by atoms with van der Waals surface area (Å²) in [7, 11) is 0. The number of nitrogens with one attached hydrogen (secondary N) is 2. The normalized spacial score (nSPS) is 12.8. The van der Waals surface area contributed by atoms with Gasteiger partial charge < -0.3 is 19.8 Å². The lowest BCUT2D eigenvalue weighted by molar-refractivity contribution is -0.142. The quantitative estimate of drug-likeness (QED) is 0.425. The van der Waals surface area contributed by atoms with Crippen LogP contribution >= 0.6 is 11.6 Å². The number of H-pyrrole nitrogens is 1. The first-order valence-corrected chi connectivity index (χ1v) is 9.63. The molecule has 0 aliphatic heterocycles. The van der Waals surface area contributed by atoms with Crippen LogP contribution in [-0.2, 0) is 22.4 Å². The topological polar surface area (TPSA) is 125 Å². The molecule has 8 nitrogen and oxygen atoms in total. The Bertz CT molecular complexity index is 1000. The van der Waals surface area contributed by atoms with Crippen LogP contribution in [0.3, 0.4) is 0 Å². The molecule has 2 aromatic heterocycles. The van der Waals surface area contributed by atoms with Gasteiger partial charge in [-0.25, -0.2) is 9.78 Å². The van der Waals surface area contributed by atoms with Crippen molar-refractivity contribution in [3.63, 3.8) is 0 Å². The van der Waals surface area contributed by atoms with Crippen molar-refractivity contribution in [1.29, 1.82) is 0 Å². The van der Waals surface area contributed by atoms with Gasteiger partial charge in [0.1, 0.15) is 6.04 Å². The zero-order valence-corrected chi connectivity index (χ0v) is 16.6. The van der Waals surface area contributed by atoms with Gasteiger partial charge in [-0.3, -0.25) is 9.59 Å². The second kappa shape index (κ2) is 9.89. The fraction of sp³-hybridized carbons (Fsp3) is 0.238. The van der Waals surface area contributed by atoms with Crippen molar-refractivity contribution in [2.24, 2.45) is 5.92 Å². The summed E-state index contributed by atoms with van der Waals surface area (Å²) >= 11 is 5.73. The summed E-state index contributed by atoms with van der Waals surface area (Å²) in [4.78, 5) is 43.9. The van der Waals surface area contributed by atoms with Crippen molar-refractivity contribution in [2.45, 2.75) is 25.3 Å². The van der Waals surface area contributed by atoms with E-state index in [1.807, 2.05) is 30.3 Å². The van der Waals surface area contributed by atoms with Crippen LogP contribution in [0.15, 0.2) is 59.4 Å². The monoisotopic (exact) mass is 429 g/mol. The second-order valence-corrected chi connectivity index (χ2v) is 7.15. The molecule has 3 N–H and O–H groups in total. The Hall–Kier alpha value is -3.39. The number of nitrogens with zero attached hydrogens (tertiary/aromatic N) is 1. The maximum absolute atomic E-state index is 13.0. The Morgan fingerprint density at radius 1 is 1.13 bits per heavy atom. The number of aromatic amines is 1. The molecule has 1 amide bonds. The summed E-state index contributed by atoms with van der Waals surface area (Å²) in [5.74, 6) is -2.85. The van der Waals surface area contributed by atoms with Gasteiger partial charge >= 0.3 is 5.97 Å². The van der Waals surface area contributed by atoms with Crippen LogP contribution in [0.2, 0.25) is 5.22 Å². The van der Waals surface area contributed by atoms with Gasteiger partial charge in [0.2, 0.25) is 5.91 Å². The van der Waals surface area contributed by atoms with Crippen molar-refractivity contribution in [2.75, 3.05) is 0 Å². The van der Waals surface area contributed by atoms with Crippen LogP contribution in [0.5, 0.6) is 0 Å². The number of imidazole rings is 1. The number of aliphatic carboxylic acids is 1. The van der Waals surface area contributed by atoms with Gasteiger partial charge in [-0.05, 0) is 35.7 Å². The van der Waals surface area contributed by atoms with E-state index in [9.17, 15) is 19.5 Å². The number of hydrogen-bond donors (Lipinski definition) is 3. The molecule has 0 bridgehead atoms. The third-order valence-corrected chi connectivity index (χ3v) is 4.76. The number of carbonyl (C=O) groups is 3. The number of amides is 1. The van der Waals surface area contributed by atoms with Gasteiger partial charge in [0.25, 0.3) is 0 Å². The summed E-state index contributed by atoms with van der Waals surface area (Å²) < 4.78 is 5.14. The van der Waals surface area contributed by atoms with Crippen molar-refractivity contribution in [3.8, 4) is 0 Å². The summed E-state index contributed by atoms with van der Waals surface area (Å²) in [5, 5.41) is 12.1. The fourth-order valence-corrected chi connectivity index (χ4v) is 3.19. The number of carboxylic acids is 1. The maximum Gasteiger partial charge on any atom is 0.326 e. The zero-order valence-electron chi connectivity index (χ0n) is 15.9. The third kappa shape index (κ3) is 5.81. The summed E-state index contributed by atoms with van der Waals surface area (Å²) in [5.41, 5.74) is 1.35. The highest BCUT2D eigenvalue weighted by Crippen LogP contribution is 2.20. The van der Waals surface area contributed by atoms with Crippen LogP contribution in [-0.4, -0.2) is 38.8 Å². The van der Waals surface area contributed by atoms with E-state index < -0.39 is 29.6 Å². The van der Waals surface area contributed by atoms with Crippen molar-refractivity contribution < 1.29 is 23.9 Å². The number of Topliss-reactive ketones (excluding diaryl/α,β-unsaturated/α-hetero) is 1. The SMILES string of the molecule is O=C(C[C@@H](Cc1ccccc1)C(=O)N[C@@H](Cc1c[nH]cn1)C(=O)O)c1ccc(Cl)o1. The molecule has 30 heavy (non-hydrogen) atoms. The summed E-state index contributed by atoms with van der Waals surface area (Å²) in [6.45, 7) is 0. The van der Waals surface area contributed by atoms with Gasteiger partial charge in [-0.2, -0.15) is 0 Å². The van der Waals surface area contributed by atoms with Crippen LogP contribution in [0.25, 0.3) is 0 Å². The molecule has 2 heterocycles. The second-order valence-electron chi connectivity index (χ2n) is 6.78. The van der Waals surface area contributed by atoms with Gasteiger partial charge in [0, 0.05) is 25.0 Å². The molecule has 9 heteroatoms. The molecule has 0 fully saturated rings. The number of benzene rings is 1. The fourth-order valence-electron chi connectivity index (χ4n) is 3.05. The third-order valence-electron chi connectivity index (χ3n) is 4.56. The Morgan fingerprint density at radius 3 is 2.50 bits per heavy atom. The number of halogens is 1. The highest BCUT2D eigenvalue weighted by Gasteiger charge is 2.29. The molecule has 0 aliphatic carbocycles. The van der Waals surface area contributed by atoms with E-state index in [2.05, 4.69) is 15.3 Å². The number of carbonyl (C=O) groups excluding carboxylic acids is 2. The molecular weight excluding hydrogens is 410 g/mol. The average molecular weight is 430 g/mol. The number of carboxylic acid groups (broad SMARTS) is 1. The molecule has 2 atom stereocenters. The van der Waals surface area contributed by atoms with Crippen molar-refractivity contribution in [3.05, 3.63) is 77.2 Å². The van der Waals surface area contributed by atoms with E-state index in [-0.39, 0.29) is 30.2 Å². The predicted molar refractivity (Wildman–Crippen MR) is 108 cm³/mol. The first kappa shape index (κ1) is 21.3. The van der Waals surface area contributed by atoms with Gasteiger partial charge in [0.15, 0.2) is 16.8 Å². The average Bonchev–Trinajstić information content (AvgIpc) is 3.39. The molecule has 156 valence electrons. The van der Waals surface area contributed by atoms with E-state index in [0.717, 1.165) is 5.56 Å². The highest BCUT2D eigenvalue weighted by molar-refractivity contribution is 6.29. The van der Waals surface area contributed by atoms with E-state index >= 15 is 0 Å². The molecular formula is C21H20ClN3O5. The molecule has 0 unspecified atom stereocenters. The first-order valence-electron chi connectivity index (χ1n) is 9.25. The Balaban J connectivity index is 1.75. The van der Waals surface area contributed by atoms with Crippen molar-refractivity contribution in [1.82, 2.24) is 15.3 Å². The Labute approximate surface area is 177 Å². The first-order chi connectivity index (χ1) is 14.4. The van der Waals surface area contributed by atoms with E-state index in [4.69, 9.17) is 16.0 Å². The summed E-state index contributed by atoms with van der Waals surface area (Å²) in [6.07, 6.45) is 3.13. The van der Waals surface area contributed by atoms with Gasteiger partial charge in [-0.1, -0.05) is 30.3 Å². The molecule has 0 spiro atoms. The largest absolute Gasteiger partial charge is 0.480 e. The predicted octanol–water partition coefficient (Wildman–Crippen LogP) is 2.90. The number of hydrogen-bond acceptors (Lipinski definition) is 5. The van der Waals surface area contributed by atoms with Gasteiger partial charge in [-0.15, -0.1) is 0 Å².